The van der Waals surface area contributed by atoms with Crippen LogP contribution in [0.15, 0.2) is 194 Å². The van der Waals surface area contributed by atoms with Gasteiger partial charge >= 0.3 is 0 Å². The van der Waals surface area contributed by atoms with Crippen molar-refractivity contribution in [3.63, 3.8) is 0 Å². The normalized spacial score (nSPS) is 12.5. The molecule has 0 radical (unpaired) electrons. The van der Waals surface area contributed by atoms with Crippen molar-refractivity contribution in [2.45, 2.75) is 26.2 Å². The number of aromatic nitrogens is 3. The lowest BCUT2D eigenvalue weighted by Gasteiger charge is -2.21. The zero-order valence-corrected chi connectivity index (χ0v) is 32.8. The minimum absolute atomic E-state index is 0.0590. The molecule has 0 saturated heterocycles. The van der Waals surface area contributed by atoms with E-state index >= 15 is 0 Å². The third kappa shape index (κ3) is 6.51. The standard InChI is InChI=1S/C55H41N3/c1-36-13-12-20-51(56-36)42-27-25-38(26-28-42)37-21-23-39(24-22-37)44-31-45(43-29-30-50-48(34-43)47-18-10-11-19-49(47)55(50,2)3)33-46(32-44)54-57-52(40-14-6-4-7-15-40)35-53(58-54)41-16-8-5-9-17-41/h4-35H,1-3H3. The summed E-state index contributed by atoms with van der Waals surface area (Å²) in [5.41, 5.74) is 20.1. The first-order valence-electron chi connectivity index (χ1n) is 19.9. The molecule has 0 bridgehead atoms. The van der Waals surface area contributed by atoms with Gasteiger partial charge in [0, 0.05) is 33.4 Å². The number of aryl methyl sites for hydroxylation is 1. The first-order valence-corrected chi connectivity index (χ1v) is 19.9. The van der Waals surface area contributed by atoms with Gasteiger partial charge in [0.1, 0.15) is 0 Å². The Morgan fingerprint density at radius 1 is 0.310 bits per heavy atom. The van der Waals surface area contributed by atoms with E-state index in [9.17, 15) is 0 Å². The Kier molecular flexibility index (Phi) is 8.72. The van der Waals surface area contributed by atoms with Crippen molar-refractivity contribution >= 4 is 0 Å². The largest absolute Gasteiger partial charge is 0.253 e. The smallest absolute Gasteiger partial charge is 0.160 e. The van der Waals surface area contributed by atoms with Gasteiger partial charge in [-0.2, -0.15) is 0 Å². The summed E-state index contributed by atoms with van der Waals surface area (Å²) in [6.45, 7) is 6.69. The molecule has 1 aliphatic rings. The Balaban J connectivity index is 1.10. The van der Waals surface area contributed by atoms with Crippen molar-refractivity contribution in [3.05, 3.63) is 211 Å². The second-order valence-electron chi connectivity index (χ2n) is 15.7. The van der Waals surface area contributed by atoms with Gasteiger partial charge in [-0.05, 0) is 105 Å². The molecule has 9 aromatic rings. The van der Waals surface area contributed by atoms with Crippen molar-refractivity contribution in [1.82, 2.24) is 15.0 Å². The maximum absolute atomic E-state index is 5.25. The van der Waals surface area contributed by atoms with E-state index in [1.54, 1.807) is 0 Å². The van der Waals surface area contributed by atoms with Crippen LogP contribution in [0.2, 0.25) is 0 Å². The van der Waals surface area contributed by atoms with Crippen molar-refractivity contribution in [2.75, 3.05) is 0 Å². The molecule has 0 N–H and O–H groups in total. The highest BCUT2D eigenvalue weighted by molar-refractivity contribution is 5.87. The Morgan fingerprint density at radius 2 is 0.793 bits per heavy atom. The lowest BCUT2D eigenvalue weighted by Crippen LogP contribution is -2.14. The van der Waals surface area contributed by atoms with Gasteiger partial charge in [-0.3, -0.25) is 4.98 Å². The minimum Gasteiger partial charge on any atom is -0.253 e. The highest BCUT2D eigenvalue weighted by Crippen LogP contribution is 2.49. The number of benzene rings is 7. The molecule has 0 saturated carbocycles. The molecule has 0 amide bonds. The molecule has 7 aromatic carbocycles. The summed E-state index contributed by atoms with van der Waals surface area (Å²) in [6, 6.07) is 69.2. The molecule has 1 aliphatic carbocycles. The maximum Gasteiger partial charge on any atom is 0.160 e. The molecular formula is C55H41N3. The maximum atomic E-state index is 5.25. The summed E-state index contributed by atoms with van der Waals surface area (Å²) < 4.78 is 0. The van der Waals surface area contributed by atoms with Crippen molar-refractivity contribution in [1.29, 1.82) is 0 Å². The van der Waals surface area contributed by atoms with E-state index in [2.05, 4.69) is 190 Å². The van der Waals surface area contributed by atoms with Crippen LogP contribution < -0.4 is 0 Å². The fraction of sp³-hybridized carbons (Fsp3) is 0.0727. The predicted molar refractivity (Wildman–Crippen MR) is 240 cm³/mol. The average molecular weight is 744 g/mol. The second-order valence-corrected chi connectivity index (χ2v) is 15.7. The number of hydrogen-bond donors (Lipinski definition) is 0. The van der Waals surface area contributed by atoms with Gasteiger partial charge in [-0.15, -0.1) is 0 Å². The molecule has 2 heterocycles. The number of fused-ring (bicyclic) bond motifs is 3. The second kappa shape index (κ2) is 14.4. The third-order valence-corrected chi connectivity index (χ3v) is 11.6. The summed E-state index contributed by atoms with van der Waals surface area (Å²) in [5.74, 6) is 0.691. The quantitative estimate of drug-likeness (QED) is 0.163. The van der Waals surface area contributed by atoms with Crippen LogP contribution in [0.25, 0.3) is 89.7 Å². The van der Waals surface area contributed by atoms with E-state index in [0.717, 1.165) is 72.8 Å². The molecule has 0 atom stereocenters. The van der Waals surface area contributed by atoms with Crippen LogP contribution in [0, 0.1) is 6.92 Å². The van der Waals surface area contributed by atoms with Crippen molar-refractivity contribution < 1.29 is 0 Å². The van der Waals surface area contributed by atoms with Gasteiger partial charge in [0.15, 0.2) is 5.82 Å². The summed E-state index contributed by atoms with van der Waals surface area (Å²) in [7, 11) is 0. The SMILES string of the molecule is Cc1cccc(-c2ccc(-c3ccc(-c4cc(-c5ccc6c(c5)-c5ccccc5C6(C)C)cc(-c5nc(-c6ccccc6)cc(-c6ccccc6)n5)c4)cc3)cc2)n1. The molecule has 0 spiro atoms. The molecular weight excluding hydrogens is 703 g/mol. The summed E-state index contributed by atoms with van der Waals surface area (Å²) in [6.07, 6.45) is 0. The van der Waals surface area contributed by atoms with Crippen LogP contribution in [0.3, 0.4) is 0 Å². The minimum atomic E-state index is -0.0590. The fourth-order valence-corrected chi connectivity index (χ4v) is 8.47. The summed E-state index contributed by atoms with van der Waals surface area (Å²) in [5, 5.41) is 0. The molecule has 3 nitrogen and oxygen atoms in total. The van der Waals surface area contributed by atoms with Crippen molar-refractivity contribution in [3.8, 4) is 89.7 Å². The van der Waals surface area contributed by atoms with E-state index in [4.69, 9.17) is 15.0 Å². The fourth-order valence-electron chi connectivity index (χ4n) is 8.47. The molecule has 0 unspecified atom stereocenters. The van der Waals surface area contributed by atoms with Gasteiger partial charge in [0.05, 0.1) is 17.1 Å². The zero-order chi connectivity index (χ0) is 39.2. The molecule has 10 rings (SSSR count). The van der Waals surface area contributed by atoms with Crippen LogP contribution in [0.4, 0.5) is 0 Å². The monoisotopic (exact) mass is 743 g/mol. The van der Waals surface area contributed by atoms with Crippen LogP contribution in [0.5, 0.6) is 0 Å². The van der Waals surface area contributed by atoms with Gasteiger partial charge in [-0.25, -0.2) is 9.97 Å². The highest BCUT2D eigenvalue weighted by Gasteiger charge is 2.35. The summed E-state index contributed by atoms with van der Waals surface area (Å²) in [4.78, 5) is 15.2. The lowest BCUT2D eigenvalue weighted by molar-refractivity contribution is 0.660. The van der Waals surface area contributed by atoms with Gasteiger partial charge in [0.25, 0.3) is 0 Å². The Morgan fingerprint density at radius 3 is 1.41 bits per heavy atom. The van der Waals surface area contributed by atoms with Gasteiger partial charge in [0.2, 0.25) is 0 Å². The van der Waals surface area contributed by atoms with E-state index in [1.165, 1.54) is 27.8 Å². The number of pyridine rings is 1. The topological polar surface area (TPSA) is 38.7 Å². The van der Waals surface area contributed by atoms with Crippen LogP contribution in [0.1, 0.15) is 30.7 Å². The predicted octanol–water partition coefficient (Wildman–Crippen LogP) is 14.2. The summed E-state index contributed by atoms with van der Waals surface area (Å²) >= 11 is 0. The number of rotatable bonds is 7. The average Bonchev–Trinajstić information content (AvgIpc) is 3.52. The zero-order valence-electron chi connectivity index (χ0n) is 32.8. The molecule has 276 valence electrons. The number of hydrogen-bond acceptors (Lipinski definition) is 3. The van der Waals surface area contributed by atoms with E-state index in [0.29, 0.717) is 5.82 Å². The number of nitrogens with zero attached hydrogens (tertiary/aromatic N) is 3. The van der Waals surface area contributed by atoms with Crippen molar-refractivity contribution in [2.24, 2.45) is 0 Å². The molecule has 58 heavy (non-hydrogen) atoms. The Bertz CT molecular complexity index is 2890. The molecule has 0 fully saturated rings. The molecule has 2 aromatic heterocycles. The lowest BCUT2D eigenvalue weighted by atomic mass is 9.82. The van der Waals surface area contributed by atoms with E-state index < -0.39 is 0 Å². The first-order chi connectivity index (χ1) is 28.4. The highest BCUT2D eigenvalue weighted by atomic mass is 14.9. The molecule has 3 heteroatoms. The van der Waals surface area contributed by atoms with Crippen LogP contribution >= 0.6 is 0 Å². The first kappa shape index (κ1) is 35.2. The van der Waals surface area contributed by atoms with Gasteiger partial charge < -0.3 is 0 Å². The Hall–Kier alpha value is -7.23. The molecule has 0 aliphatic heterocycles. The van der Waals surface area contributed by atoms with E-state index in [-0.39, 0.29) is 5.41 Å². The third-order valence-electron chi connectivity index (χ3n) is 11.6. The van der Waals surface area contributed by atoms with Gasteiger partial charge in [-0.1, -0.05) is 166 Å². The van der Waals surface area contributed by atoms with Crippen LogP contribution in [-0.2, 0) is 5.41 Å². The van der Waals surface area contributed by atoms with E-state index in [1.807, 2.05) is 25.1 Å². The Labute approximate surface area is 340 Å². The van der Waals surface area contributed by atoms with Crippen LogP contribution in [-0.4, -0.2) is 15.0 Å².